The third-order valence-corrected chi connectivity index (χ3v) is 13.1. The van der Waals surface area contributed by atoms with Crippen LogP contribution in [-0.2, 0) is 19.2 Å². The number of alkyl halides is 2. The fraction of sp³-hybridized carbons (Fsp3) is 0.244. The van der Waals surface area contributed by atoms with Gasteiger partial charge in [-0.2, -0.15) is 0 Å². The molecule has 0 radical (unpaired) electrons. The second kappa shape index (κ2) is 14.8. The molecule has 0 spiro atoms. The lowest BCUT2D eigenvalue weighted by molar-refractivity contribution is -0.125. The van der Waals surface area contributed by atoms with Gasteiger partial charge in [0.25, 0.3) is 11.8 Å². The molecule has 0 aromatic heterocycles. The Hall–Kier alpha value is -5.91. The van der Waals surface area contributed by atoms with Gasteiger partial charge in [-0.1, -0.05) is 54.2 Å². The molecule has 4 aromatic rings. The Kier molecular flexibility index (Phi) is 9.93. The summed E-state index contributed by atoms with van der Waals surface area (Å²) in [7, 11) is 4.58. The van der Waals surface area contributed by atoms with Gasteiger partial charge in [0.15, 0.2) is 21.2 Å². The van der Waals surface area contributed by atoms with Crippen LogP contribution in [0.3, 0.4) is 0 Å². The summed E-state index contributed by atoms with van der Waals surface area (Å²) in [6.45, 7) is 0. The molecule has 1 N–H and O–H groups in total. The first-order valence-corrected chi connectivity index (χ1v) is 19.3. The van der Waals surface area contributed by atoms with Crippen LogP contribution in [0.1, 0.15) is 29.5 Å². The zero-order valence-electron chi connectivity index (χ0n) is 31.5. The summed E-state index contributed by atoms with van der Waals surface area (Å²) in [5.74, 6) is -4.98. The van der Waals surface area contributed by atoms with Gasteiger partial charge in [0.1, 0.15) is 17.3 Å². The van der Waals surface area contributed by atoms with Crippen molar-refractivity contribution in [2.24, 2.45) is 23.7 Å². The fourth-order valence-electron chi connectivity index (χ4n) is 8.80. The number of carbonyl (C=O) groups excluding carboxylic acids is 4. The lowest BCUT2D eigenvalue weighted by Gasteiger charge is -2.49. The molecule has 4 aliphatic rings. The molecule has 296 valence electrons. The average molecular weight is 824 g/mol. The number of amides is 4. The number of carbonyl (C=O) groups is 4. The highest BCUT2D eigenvalue weighted by atomic mass is 35.5. The van der Waals surface area contributed by atoms with Crippen LogP contribution in [-0.4, -0.2) is 59.8 Å². The number of aromatic hydroxyl groups is 1. The van der Waals surface area contributed by atoms with Gasteiger partial charge in [-0.25, -0.2) is 9.29 Å². The normalized spacial score (nSPS) is 26.6. The first-order chi connectivity index (χ1) is 27.8. The highest BCUT2D eigenvalue weighted by Crippen LogP contribution is 2.63. The Labute approximate surface area is 343 Å². The molecule has 2 aliphatic heterocycles. The van der Waals surface area contributed by atoms with Gasteiger partial charge in [0, 0.05) is 11.5 Å². The van der Waals surface area contributed by atoms with Crippen molar-refractivity contribution in [3.05, 3.63) is 125 Å². The number of allylic oxidation sites excluding steroid dienone is 3. The minimum absolute atomic E-state index is 0.0764. The maximum Gasteiger partial charge on any atom is 0.258 e. The number of rotatable bonds is 9. The summed E-state index contributed by atoms with van der Waals surface area (Å²) in [6, 6.07) is 22.0. The first-order valence-electron chi connectivity index (χ1n) is 18.5. The van der Waals surface area contributed by atoms with Gasteiger partial charge in [0.05, 0.1) is 44.5 Å². The van der Waals surface area contributed by atoms with E-state index in [0.29, 0.717) is 28.3 Å². The monoisotopic (exact) mass is 822 g/mol. The molecule has 6 unspecified atom stereocenters. The van der Waals surface area contributed by atoms with E-state index in [0.717, 1.165) is 28.2 Å². The smallest absolute Gasteiger partial charge is 0.258 e. The molecule has 8 rings (SSSR count). The molecular formula is C45H37Cl2FN2O8. The SMILES string of the molecule is COc1ccc(OC)c(C=Cc2ccc(N3C(=O)C4CC=C5C(CC6(Cl)C(=O)N(c7ccc(F)cc7)C(=O)C6(Cl)C5C=Cc5ccc(O)c(OC)c5)C4C3=O)cc2)c1. The summed E-state index contributed by atoms with van der Waals surface area (Å²) in [5.41, 5.74) is 3.27. The summed E-state index contributed by atoms with van der Waals surface area (Å²) in [4.78, 5) is 55.7. The lowest BCUT2D eigenvalue weighted by atomic mass is 9.57. The second-order valence-corrected chi connectivity index (χ2v) is 15.9. The quantitative estimate of drug-likeness (QED) is 0.0780. The number of methoxy groups -OCH3 is 3. The van der Waals surface area contributed by atoms with Crippen LogP contribution in [0.25, 0.3) is 18.2 Å². The van der Waals surface area contributed by atoms with Crippen molar-refractivity contribution in [3.8, 4) is 23.0 Å². The molecule has 13 heteroatoms. The van der Waals surface area contributed by atoms with Crippen LogP contribution in [0.5, 0.6) is 23.0 Å². The van der Waals surface area contributed by atoms with Crippen molar-refractivity contribution in [3.63, 3.8) is 0 Å². The van der Waals surface area contributed by atoms with Gasteiger partial charge in [-0.3, -0.25) is 24.1 Å². The number of phenols is 1. The van der Waals surface area contributed by atoms with Crippen LogP contribution in [0.2, 0.25) is 0 Å². The van der Waals surface area contributed by atoms with Crippen molar-refractivity contribution >= 4 is 76.4 Å². The largest absolute Gasteiger partial charge is 0.504 e. The van der Waals surface area contributed by atoms with Crippen molar-refractivity contribution < 1.29 is 42.9 Å². The Balaban J connectivity index is 1.15. The Morgan fingerprint density at radius 2 is 1.40 bits per heavy atom. The standard InChI is InChI=1S/C45H37Cl2FN2O8/c1-56-31-16-21-37(57-2)27(23-31)9-4-25-5-12-29(13-6-25)49-40(52)33-18-17-32-34(39(33)41(49)53)24-44(46)42(54)50(30-14-10-28(48)11-15-30)43(55)45(44,47)35(32)19-7-26-8-20-36(51)38(22-26)58-3/h4-17,19-23,33-35,39,51H,18,24H2,1-3H3. The molecule has 0 bridgehead atoms. The Bertz CT molecular complexity index is 2450. The van der Waals surface area contributed by atoms with Crippen LogP contribution >= 0.6 is 23.2 Å². The molecule has 10 nitrogen and oxygen atoms in total. The van der Waals surface area contributed by atoms with E-state index < -0.39 is 57.0 Å². The topological polar surface area (TPSA) is 123 Å². The van der Waals surface area contributed by atoms with Gasteiger partial charge in [0.2, 0.25) is 11.8 Å². The number of hydrogen-bond donors (Lipinski definition) is 1. The van der Waals surface area contributed by atoms with Gasteiger partial charge < -0.3 is 19.3 Å². The highest BCUT2D eigenvalue weighted by Gasteiger charge is 2.76. The minimum atomic E-state index is -2.07. The van der Waals surface area contributed by atoms with Crippen molar-refractivity contribution in [2.45, 2.75) is 22.6 Å². The third kappa shape index (κ3) is 6.06. The molecule has 58 heavy (non-hydrogen) atoms. The number of phenolic OH excluding ortho intramolecular Hbond substituents is 1. The number of halogens is 3. The van der Waals surface area contributed by atoms with Crippen LogP contribution in [0.15, 0.2) is 103 Å². The molecule has 1 saturated carbocycles. The van der Waals surface area contributed by atoms with Crippen LogP contribution < -0.4 is 24.0 Å². The Morgan fingerprint density at radius 3 is 2.09 bits per heavy atom. The van der Waals surface area contributed by atoms with E-state index in [1.54, 1.807) is 68.8 Å². The molecule has 2 heterocycles. The molecule has 3 fully saturated rings. The van der Waals surface area contributed by atoms with E-state index in [4.69, 9.17) is 37.4 Å². The molecule has 2 saturated heterocycles. The number of benzene rings is 4. The number of fused-ring (bicyclic) bond motifs is 4. The highest BCUT2D eigenvalue weighted by molar-refractivity contribution is 6.58. The van der Waals surface area contributed by atoms with Gasteiger partial charge in [-0.05, 0) is 96.6 Å². The van der Waals surface area contributed by atoms with Crippen LogP contribution in [0, 0.1) is 29.5 Å². The van der Waals surface area contributed by atoms with E-state index >= 15 is 0 Å². The summed E-state index contributed by atoms with van der Waals surface area (Å²) >= 11 is 14.9. The number of hydrogen-bond acceptors (Lipinski definition) is 8. The maximum absolute atomic E-state index is 14.6. The van der Waals surface area contributed by atoms with E-state index in [9.17, 15) is 28.7 Å². The third-order valence-electron chi connectivity index (χ3n) is 11.7. The summed E-state index contributed by atoms with van der Waals surface area (Å²) in [6.07, 6.45) is 8.91. The number of anilines is 2. The predicted molar refractivity (Wildman–Crippen MR) is 218 cm³/mol. The number of nitrogens with zero attached hydrogens (tertiary/aromatic N) is 2. The fourth-order valence-corrected chi connectivity index (χ4v) is 9.69. The molecule has 4 amide bonds. The molecule has 6 atom stereocenters. The predicted octanol–water partition coefficient (Wildman–Crippen LogP) is 8.04. The molecule has 2 aliphatic carbocycles. The number of imide groups is 2. The van der Waals surface area contributed by atoms with Gasteiger partial charge in [-0.15, -0.1) is 23.2 Å². The van der Waals surface area contributed by atoms with E-state index in [2.05, 4.69) is 0 Å². The first kappa shape index (κ1) is 38.9. The summed E-state index contributed by atoms with van der Waals surface area (Å²) in [5, 5.41) is 10.2. The van der Waals surface area contributed by atoms with Gasteiger partial charge >= 0.3 is 0 Å². The van der Waals surface area contributed by atoms with E-state index in [-0.39, 0.29) is 35.9 Å². The average Bonchev–Trinajstić information content (AvgIpc) is 3.57. The molecule has 4 aromatic carbocycles. The number of ether oxygens (including phenoxy) is 3. The van der Waals surface area contributed by atoms with Crippen molar-refractivity contribution in [1.82, 2.24) is 0 Å². The Morgan fingerprint density at radius 1 is 0.724 bits per heavy atom. The summed E-state index contributed by atoms with van der Waals surface area (Å²) < 4.78 is 30.1. The second-order valence-electron chi connectivity index (χ2n) is 14.6. The lowest BCUT2D eigenvalue weighted by Crippen LogP contribution is -2.60. The molecular weight excluding hydrogens is 786 g/mol. The van der Waals surface area contributed by atoms with E-state index in [1.807, 2.05) is 30.4 Å². The minimum Gasteiger partial charge on any atom is -0.504 e. The van der Waals surface area contributed by atoms with Crippen LogP contribution in [0.4, 0.5) is 15.8 Å². The van der Waals surface area contributed by atoms with Crippen molar-refractivity contribution in [2.75, 3.05) is 31.1 Å². The maximum atomic E-state index is 14.6. The zero-order chi connectivity index (χ0) is 41.1. The van der Waals surface area contributed by atoms with Crippen molar-refractivity contribution in [1.29, 1.82) is 0 Å². The zero-order valence-corrected chi connectivity index (χ0v) is 33.0. The van der Waals surface area contributed by atoms with E-state index in [1.165, 1.54) is 30.2 Å².